The fraction of sp³-hybridized carbons (Fsp3) is 0.611. The van der Waals surface area contributed by atoms with Crippen LogP contribution in [0, 0.1) is 17.8 Å². The highest BCUT2D eigenvalue weighted by atomic mass is 79.9. The van der Waals surface area contributed by atoms with Gasteiger partial charge in [0.2, 0.25) is 0 Å². The minimum Gasteiger partial charge on any atom is -0.303 e. The number of carbonyl (C=O) groups excluding carboxylic acids is 2. The van der Waals surface area contributed by atoms with Gasteiger partial charge in [0.25, 0.3) is 0 Å². The molecule has 2 aliphatic rings. The highest BCUT2D eigenvalue weighted by molar-refractivity contribution is 9.10. The maximum atomic E-state index is 15.1. The molecule has 2 aromatic rings. The topological polar surface area (TPSA) is 34.1 Å². The molecule has 218 valence electrons. The van der Waals surface area contributed by atoms with Gasteiger partial charge >= 0.3 is 0 Å². The maximum Gasteiger partial charge on any atom is 0.140 e. The third-order valence-corrected chi connectivity index (χ3v) is 11.2. The zero-order valence-corrected chi connectivity index (χ0v) is 28.2. The van der Waals surface area contributed by atoms with Crippen LogP contribution < -0.4 is 0 Å². The Labute approximate surface area is 259 Å². The predicted molar refractivity (Wildman–Crippen MR) is 175 cm³/mol. The monoisotopic (exact) mass is 670 g/mol. The molecule has 0 N–H and O–H groups in total. The SMILES string of the molecule is CCCCCC12c3cc(Br)ccc3-c3ccc(Br)cc3C1(C(C=O)CCCC)C(CCCC)C(=O)C2CCCC. The molecule has 0 spiro atoms. The summed E-state index contributed by atoms with van der Waals surface area (Å²) < 4.78 is 2.10. The summed E-state index contributed by atoms with van der Waals surface area (Å²) in [5.74, 6) is 0.00535. The minimum absolute atomic E-state index is 0.0737. The van der Waals surface area contributed by atoms with Crippen LogP contribution in [0.25, 0.3) is 11.1 Å². The van der Waals surface area contributed by atoms with E-state index in [-0.39, 0.29) is 17.8 Å². The van der Waals surface area contributed by atoms with Crippen LogP contribution in [0.2, 0.25) is 0 Å². The van der Waals surface area contributed by atoms with Crippen LogP contribution in [-0.4, -0.2) is 12.1 Å². The van der Waals surface area contributed by atoms with Crippen molar-refractivity contribution in [1.82, 2.24) is 0 Å². The average Bonchev–Trinajstić information content (AvgIpc) is 3.16. The summed E-state index contributed by atoms with van der Waals surface area (Å²) in [6.07, 6.45) is 14.4. The van der Waals surface area contributed by atoms with E-state index in [9.17, 15) is 4.79 Å². The zero-order valence-electron chi connectivity index (χ0n) is 25.0. The van der Waals surface area contributed by atoms with Gasteiger partial charge in [-0.05, 0) is 72.2 Å². The van der Waals surface area contributed by atoms with Crippen LogP contribution in [0.3, 0.4) is 0 Å². The van der Waals surface area contributed by atoms with Crippen molar-refractivity contribution >= 4 is 43.9 Å². The van der Waals surface area contributed by atoms with Crippen LogP contribution in [0.4, 0.5) is 0 Å². The number of benzene rings is 2. The molecule has 2 aliphatic carbocycles. The Hall–Kier alpha value is -1.26. The number of Topliss-reactive ketones (excluding diaryl/α,β-unsaturated/α-hetero) is 1. The van der Waals surface area contributed by atoms with Crippen LogP contribution in [0.15, 0.2) is 45.3 Å². The maximum absolute atomic E-state index is 15.1. The van der Waals surface area contributed by atoms with Gasteiger partial charge in [-0.1, -0.05) is 129 Å². The first-order valence-electron chi connectivity index (χ1n) is 16.0. The molecule has 0 amide bonds. The number of unbranched alkanes of at least 4 members (excludes halogenated alkanes) is 5. The van der Waals surface area contributed by atoms with E-state index >= 15 is 4.79 Å². The van der Waals surface area contributed by atoms with Gasteiger partial charge in [0.1, 0.15) is 12.1 Å². The van der Waals surface area contributed by atoms with Crippen molar-refractivity contribution < 1.29 is 9.59 Å². The molecule has 1 fully saturated rings. The number of halogens is 2. The number of hydrogen-bond acceptors (Lipinski definition) is 2. The molecular formula is C36H48Br2O2. The van der Waals surface area contributed by atoms with Crippen molar-refractivity contribution in [2.75, 3.05) is 0 Å². The molecule has 2 nitrogen and oxygen atoms in total. The van der Waals surface area contributed by atoms with E-state index in [0.717, 1.165) is 92.4 Å². The van der Waals surface area contributed by atoms with Gasteiger partial charge in [-0.2, -0.15) is 0 Å². The van der Waals surface area contributed by atoms with Gasteiger partial charge in [-0.25, -0.2) is 0 Å². The van der Waals surface area contributed by atoms with Crippen LogP contribution in [0.5, 0.6) is 0 Å². The Morgan fingerprint density at radius 3 is 1.88 bits per heavy atom. The fourth-order valence-corrected chi connectivity index (χ4v) is 9.44. The molecule has 4 heteroatoms. The second-order valence-electron chi connectivity index (χ2n) is 12.4. The van der Waals surface area contributed by atoms with E-state index in [2.05, 4.69) is 96.0 Å². The van der Waals surface area contributed by atoms with Crippen LogP contribution in [-0.2, 0) is 20.4 Å². The van der Waals surface area contributed by atoms with Crippen LogP contribution in [0.1, 0.15) is 122 Å². The van der Waals surface area contributed by atoms with E-state index in [1.54, 1.807) is 0 Å². The molecule has 0 radical (unpaired) electrons. The van der Waals surface area contributed by atoms with E-state index < -0.39 is 10.8 Å². The Morgan fingerprint density at radius 2 is 1.30 bits per heavy atom. The zero-order chi connectivity index (χ0) is 28.9. The standard InChI is InChI=1S/C36H48Br2O2/c1-5-9-13-21-35-30(15-11-7-3)34(40)31(16-12-8-4)36(35,25(24-39)14-10-6-2)33-23-27(38)18-20-29(33)28-19-17-26(37)22-32(28)35/h17-20,22-25,30-31H,5-16,21H2,1-4H3. The lowest BCUT2D eigenvalue weighted by Crippen LogP contribution is -2.58. The Kier molecular flexibility index (Phi) is 10.9. The van der Waals surface area contributed by atoms with Crippen molar-refractivity contribution in [3.63, 3.8) is 0 Å². The summed E-state index contributed by atoms with van der Waals surface area (Å²) in [6, 6.07) is 13.4. The first-order chi connectivity index (χ1) is 19.4. The fourth-order valence-electron chi connectivity index (χ4n) is 8.72. The Bertz CT molecular complexity index is 1190. The molecule has 40 heavy (non-hydrogen) atoms. The minimum atomic E-state index is -0.546. The molecule has 0 aliphatic heterocycles. The van der Waals surface area contributed by atoms with E-state index in [1.165, 1.54) is 28.5 Å². The van der Waals surface area contributed by atoms with Crippen molar-refractivity contribution in [3.8, 4) is 11.1 Å². The summed E-state index contributed by atoms with van der Waals surface area (Å²) in [6.45, 7) is 8.93. The largest absolute Gasteiger partial charge is 0.303 e. The van der Waals surface area contributed by atoms with Crippen molar-refractivity contribution in [1.29, 1.82) is 0 Å². The van der Waals surface area contributed by atoms with Gasteiger partial charge < -0.3 is 4.79 Å². The Balaban J connectivity index is 2.20. The summed E-state index contributed by atoms with van der Waals surface area (Å²) in [7, 11) is 0. The lowest BCUT2D eigenvalue weighted by atomic mass is 9.43. The second kappa shape index (κ2) is 13.8. The Morgan fingerprint density at radius 1 is 0.750 bits per heavy atom. The molecule has 0 aromatic heterocycles. The van der Waals surface area contributed by atoms with E-state index in [1.807, 2.05) is 0 Å². The molecule has 0 bridgehead atoms. The first-order valence-corrected chi connectivity index (χ1v) is 17.6. The molecular weight excluding hydrogens is 624 g/mol. The van der Waals surface area contributed by atoms with E-state index in [0.29, 0.717) is 5.78 Å². The van der Waals surface area contributed by atoms with Crippen LogP contribution >= 0.6 is 31.9 Å². The van der Waals surface area contributed by atoms with Crippen molar-refractivity contribution in [3.05, 3.63) is 56.5 Å². The summed E-state index contributed by atoms with van der Waals surface area (Å²) in [5.41, 5.74) is 4.07. The number of aldehydes is 1. The summed E-state index contributed by atoms with van der Waals surface area (Å²) >= 11 is 7.67. The van der Waals surface area contributed by atoms with Crippen molar-refractivity contribution in [2.45, 2.75) is 122 Å². The predicted octanol–water partition coefficient (Wildman–Crippen LogP) is 11.1. The molecule has 1 saturated carbocycles. The smallest absolute Gasteiger partial charge is 0.140 e. The second-order valence-corrected chi connectivity index (χ2v) is 14.2. The highest BCUT2D eigenvalue weighted by Crippen LogP contribution is 2.71. The third-order valence-electron chi connectivity index (χ3n) is 10.2. The molecule has 5 atom stereocenters. The molecule has 4 rings (SSSR count). The normalized spacial score (nSPS) is 25.8. The third kappa shape index (κ3) is 5.12. The summed E-state index contributed by atoms with van der Waals surface area (Å²) in [4.78, 5) is 28.6. The van der Waals surface area contributed by atoms with Gasteiger partial charge in [0.15, 0.2) is 0 Å². The molecule has 2 aromatic carbocycles. The summed E-state index contributed by atoms with van der Waals surface area (Å²) in [5, 5.41) is 0. The van der Waals surface area contributed by atoms with Gasteiger partial charge in [-0.15, -0.1) is 0 Å². The lowest BCUT2D eigenvalue weighted by Gasteiger charge is -2.58. The quantitative estimate of drug-likeness (QED) is 0.139. The highest BCUT2D eigenvalue weighted by Gasteiger charge is 2.73. The number of hydrogen-bond donors (Lipinski definition) is 0. The molecule has 0 saturated heterocycles. The lowest BCUT2D eigenvalue weighted by molar-refractivity contribution is -0.125. The molecule has 0 heterocycles. The number of carbonyl (C=O) groups is 2. The number of ketones is 1. The number of rotatable bonds is 15. The average molecular weight is 673 g/mol. The van der Waals surface area contributed by atoms with Gasteiger partial charge in [-0.3, -0.25) is 4.79 Å². The number of fused-ring (bicyclic) bond motifs is 6. The van der Waals surface area contributed by atoms with Gasteiger partial charge in [0.05, 0.1) is 0 Å². The first kappa shape index (κ1) is 31.7. The van der Waals surface area contributed by atoms with Gasteiger partial charge in [0, 0.05) is 37.5 Å². The van der Waals surface area contributed by atoms with E-state index in [4.69, 9.17) is 0 Å². The molecule has 5 unspecified atom stereocenters. The van der Waals surface area contributed by atoms with Crippen molar-refractivity contribution in [2.24, 2.45) is 17.8 Å².